The predicted octanol–water partition coefficient (Wildman–Crippen LogP) is 15.7. The molecule has 5 nitrogen and oxygen atoms in total. The Morgan fingerprint density at radius 2 is 1.17 bits per heavy atom. The molecule has 10 aromatic carbocycles. The van der Waals surface area contributed by atoms with E-state index in [1.807, 2.05) is 0 Å². The van der Waals surface area contributed by atoms with E-state index in [1.54, 1.807) is 47.0 Å². The fourth-order valence-corrected chi connectivity index (χ4v) is 14.0. The number of benzene rings is 10. The molecule has 0 radical (unpaired) electrons. The lowest BCUT2D eigenvalue weighted by Crippen LogP contribution is -2.74. The van der Waals surface area contributed by atoms with Gasteiger partial charge in [0.15, 0.2) is 8.07 Å². The van der Waals surface area contributed by atoms with Gasteiger partial charge in [0.2, 0.25) is 0 Å². The third-order valence-corrected chi connectivity index (χ3v) is 18.1. The van der Waals surface area contributed by atoms with Crippen LogP contribution in [0.3, 0.4) is 0 Å². The number of hydrogen-bond acceptors (Lipinski definition) is 2. The molecule has 0 saturated carbocycles. The quantitative estimate of drug-likeness (QED) is 0.0560. The van der Waals surface area contributed by atoms with Gasteiger partial charge >= 0.3 is 0 Å². The lowest BCUT2D eigenvalue weighted by Gasteiger charge is -2.42. The van der Waals surface area contributed by atoms with Gasteiger partial charge in [-0.3, -0.25) is 13.7 Å². The largest absolute Gasteiger partial charge is 0.458 e. The minimum absolute atomic E-state index is 0.00419. The summed E-state index contributed by atoms with van der Waals surface area (Å²) in [6.07, 6.45) is -5.59. The smallest absolute Gasteiger partial charge is 0.269 e. The lowest BCUT2D eigenvalue weighted by molar-refractivity contribution is -0.571. The van der Waals surface area contributed by atoms with Gasteiger partial charge in [-0.1, -0.05) is 227 Å². The van der Waals surface area contributed by atoms with E-state index in [1.165, 1.54) is 53.1 Å². The van der Waals surface area contributed by atoms with E-state index in [2.05, 4.69) is 11.3 Å². The number of para-hydroxylation sites is 4. The Morgan fingerprint density at radius 1 is 0.549 bits per heavy atom. The van der Waals surface area contributed by atoms with Gasteiger partial charge in [-0.25, -0.2) is 4.98 Å². The van der Waals surface area contributed by atoms with E-state index in [9.17, 15) is 39.8 Å². The molecule has 0 N–H and O–H groups in total. The summed E-state index contributed by atoms with van der Waals surface area (Å²) in [4.78, 5) is 4.45. The molecule has 82 heavy (non-hydrogen) atoms. The summed E-state index contributed by atoms with van der Waals surface area (Å²) in [5.74, 6) is 0.124. The topological polar surface area (TPSA) is 35.9 Å². The molecule has 398 valence electrons. The summed E-state index contributed by atoms with van der Waals surface area (Å²) >= 11 is 0. The minimum atomic E-state index is -6.74. The van der Waals surface area contributed by atoms with Gasteiger partial charge in [-0.2, -0.15) is 0 Å². The van der Waals surface area contributed by atoms with E-state index < -0.39 is 277 Å². The maximum absolute atomic E-state index is 11.0. The lowest BCUT2D eigenvalue weighted by atomic mass is 9.63. The van der Waals surface area contributed by atoms with Gasteiger partial charge in [0, 0.05) is 53.2 Å². The van der Waals surface area contributed by atoms with Gasteiger partial charge in [0.1, 0.15) is 17.3 Å². The first kappa shape index (κ1) is 22.2. The van der Waals surface area contributed by atoms with Crippen molar-refractivity contribution in [3.8, 4) is 50.9 Å². The molecule has 0 atom stereocenters. The van der Waals surface area contributed by atoms with Crippen molar-refractivity contribution in [2.45, 2.75) is 64.7 Å². The number of rotatable bonds is 11. The molecule has 0 bridgehead atoms. The first-order valence-corrected chi connectivity index (χ1v) is 27.0. The number of ether oxygens (including phenoxy) is 1. The standard InChI is InChI=1S/C76H64N4OSi/c1-52-45-73(77-50-53(52)2)80-69-36-17-16-33-65(69)66-41-40-58(49-72(66)80)81-57-25-21-24-56(48-57)78-51-79(71-38-19-18-37-70(71)78)74-63(34-22-35-64(74)55-39-42-67-68(47-55)76(5,6)44-43-75(67,3)4)54-23-20-32-62(46-54)82(59-26-10-7-11-27-59,60-28-12-8-13-29-60)61-30-14-9-15-31-61/h7-42,45-50H,43-44H2,1-6H3/i1D3,2D3,3D3,4D3,5D3,6D3,7D,8D,9D,10D,11D,12D,13D,14D,15D,20D,23D,26D,27D,28D,29D,30D,31D,32D,39D,42D,43D2,44D2,46D,47D. The second-order valence-corrected chi connectivity index (χ2v) is 22.4. The molecule has 0 amide bonds. The summed E-state index contributed by atoms with van der Waals surface area (Å²) in [7, 11) is -6.74. The third kappa shape index (κ3) is 8.51. The number of aromatic nitrogens is 4. The molecule has 0 unspecified atom stereocenters. The fourth-order valence-electron chi connectivity index (χ4n) is 10.4. The molecular weight excluding hydrogens is 1010 g/mol. The number of pyridine rings is 1. The molecule has 13 aromatic rings. The summed E-state index contributed by atoms with van der Waals surface area (Å²) in [5, 5.41) is -3.92. The van der Waals surface area contributed by atoms with Crippen molar-refractivity contribution in [1.29, 1.82) is 0 Å². The highest BCUT2D eigenvalue weighted by atomic mass is 28.3. The molecule has 0 aliphatic heterocycles. The third-order valence-electron chi connectivity index (χ3n) is 14.1. The van der Waals surface area contributed by atoms with Gasteiger partial charge in [0.25, 0.3) is 6.33 Å². The zero-order valence-electron chi connectivity index (χ0n) is 86.2. The first-order valence-electron chi connectivity index (χ1n) is 47.0. The maximum atomic E-state index is 11.0. The Labute approximate surface area is 543 Å². The molecule has 1 aliphatic carbocycles. The van der Waals surface area contributed by atoms with Crippen molar-refractivity contribution in [1.82, 2.24) is 14.1 Å². The molecule has 0 spiro atoms. The van der Waals surface area contributed by atoms with E-state index in [0.29, 0.717) is 21.8 Å². The predicted molar refractivity (Wildman–Crippen MR) is 342 cm³/mol. The second-order valence-electron chi connectivity index (χ2n) is 18.9. The van der Waals surface area contributed by atoms with Crippen molar-refractivity contribution < 1.29 is 69.6 Å². The minimum Gasteiger partial charge on any atom is -0.458 e. The zero-order valence-corrected chi connectivity index (χ0v) is 43.2. The molecular formula is C76H64N4OSi. The van der Waals surface area contributed by atoms with Crippen LogP contribution in [-0.4, -0.2) is 22.2 Å². The Morgan fingerprint density at radius 3 is 1.88 bits per heavy atom. The van der Waals surface area contributed by atoms with Crippen LogP contribution in [0.25, 0.3) is 72.3 Å². The van der Waals surface area contributed by atoms with Gasteiger partial charge in [0.05, 0.1) is 63.6 Å². The number of imidazole rings is 1. The Bertz CT molecular complexity index is 6560. The van der Waals surface area contributed by atoms with E-state index in [0.717, 1.165) is 35.0 Å². The van der Waals surface area contributed by atoms with Gasteiger partial charge < -0.3 is 4.74 Å². The van der Waals surface area contributed by atoms with Crippen LogP contribution in [0.15, 0.2) is 254 Å². The Hall–Kier alpha value is -9.36. The molecule has 1 aliphatic rings. The normalized spacial score (nSPS) is 23.7. The first-order chi connectivity index (χ1) is 58.1. The second kappa shape index (κ2) is 20.0. The molecule has 0 fully saturated rings. The molecule has 3 heterocycles. The number of aryl methyl sites for hydroxylation is 2. The van der Waals surface area contributed by atoms with Crippen molar-refractivity contribution >= 4 is 61.7 Å². The molecule has 6 heteroatoms. The maximum Gasteiger partial charge on any atom is 0.269 e. The van der Waals surface area contributed by atoms with E-state index in [-0.39, 0.29) is 34.0 Å². The summed E-state index contributed by atoms with van der Waals surface area (Å²) < 4.78 is 420. The average molecular weight is 1120 g/mol. The Kier molecular flexibility index (Phi) is 5.41. The number of fused-ring (bicyclic) bond motifs is 5. The summed E-state index contributed by atoms with van der Waals surface area (Å²) in [6, 6.07) is -3.15. The summed E-state index contributed by atoms with van der Waals surface area (Å²) in [5.41, 5.74) is -18.3. The van der Waals surface area contributed by atoms with Crippen LogP contribution in [0.5, 0.6) is 11.5 Å². The van der Waals surface area contributed by atoms with Crippen molar-refractivity contribution in [3.63, 3.8) is 0 Å². The van der Waals surface area contributed by atoms with Crippen molar-refractivity contribution in [2.75, 3.05) is 0 Å². The highest BCUT2D eigenvalue weighted by Crippen LogP contribution is 2.48. The number of nitrogens with zero attached hydrogens (tertiary/aromatic N) is 4. The van der Waals surface area contributed by atoms with Crippen LogP contribution in [0.4, 0.5) is 0 Å². The highest BCUT2D eigenvalue weighted by Gasteiger charge is 2.42. The zero-order chi connectivity index (χ0) is 93.5. The summed E-state index contributed by atoms with van der Waals surface area (Å²) in [6.45, 7) is -24.1. The fraction of sp³-hybridized carbons (Fsp3) is 0.132. The SMILES string of the molecule is [2H]c1c([2H])c([2H])c([Si](c2c([2H])c([2H])c([2H])c([2H])c2[2H])(c2c([2H])c([2H])c([2H])c([2H])c2[2H])c2c([2H])c([2H])c([2H])c(-c3cccc(-c4c([2H])c([2H])c5c(c4[2H])C(C([2H])([2H])[2H])(C([2H])([2H])[2H])C([2H])([2H])C([2H])([2H])C5(C([2H])([2H])[2H])C([2H])([2H])[2H])c3-[n+]3[c-]n(-c4cccc(Oc5ccc6c7ccccc7n(-c7cc(C([2H])([2H])[2H])c(C([2H])([2H])[2H])cn7)c6c5)c4)c4ccccc43)c2[2H])c([2H])c1[2H]. The van der Waals surface area contributed by atoms with Crippen LogP contribution in [-0.2, 0) is 10.8 Å². The van der Waals surface area contributed by atoms with E-state index >= 15 is 0 Å². The van der Waals surface area contributed by atoms with Gasteiger partial charge in [-0.05, 0) is 145 Å². The van der Waals surface area contributed by atoms with Crippen LogP contribution in [0.1, 0.15) is 123 Å². The average Bonchev–Trinajstić information content (AvgIpc) is 0.725. The van der Waals surface area contributed by atoms with Crippen LogP contribution >= 0.6 is 0 Å². The highest BCUT2D eigenvalue weighted by molar-refractivity contribution is 7.19. The van der Waals surface area contributed by atoms with Crippen molar-refractivity contribution in [2.24, 2.45) is 0 Å². The van der Waals surface area contributed by atoms with Gasteiger partial charge in [-0.15, -0.1) is 0 Å². The van der Waals surface area contributed by atoms with Crippen molar-refractivity contribution in [3.05, 3.63) is 283 Å². The Balaban J connectivity index is 1.15. The van der Waals surface area contributed by atoms with Crippen LogP contribution in [0.2, 0.25) is 0 Å². The molecule has 14 rings (SSSR count). The van der Waals surface area contributed by atoms with E-state index in [4.69, 9.17) is 25.3 Å². The monoisotopic (exact) mass is 1120 g/mol. The molecule has 3 aromatic heterocycles. The van der Waals surface area contributed by atoms with Crippen LogP contribution < -0.4 is 30.1 Å². The molecule has 0 saturated heterocycles. The number of hydrogen-bond donors (Lipinski definition) is 0. The van der Waals surface area contributed by atoms with Crippen LogP contribution in [0, 0.1) is 20.0 Å².